The largest absolute Gasteiger partial charge is 0.480 e. The Hall–Kier alpha value is -1.93. The Bertz CT molecular complexity index is 572. The van der Waals surface area contributed by atoms with Crippen molar-refractivity contribution >= 4 is 28.4 Å². The molecule has 2 atom stereocenters. The maximum absolute atomic E-state index is 11.9. The van der Waals surface area contributed by atoms with E-state index in [1.54, 1.807) is 6.92 Å². The molecule has 1 aromatic carbocycles. The molecule has 0 saturated carbocycles. The van der Waals surface area contributed by atoms with Crippen molar-refractivity contribution in [3.05, 3.63) is 29.3 Å². The Morgan fingerprint density at radius 1 is 1.32 bits per heavy atom. The number of carboxylic acid groups (broad SMARTS) is 1. The summed E-state index contributed by atoms with van der Waals surface area (Å²) in [5, 5.41) is 10.8. The van der Waals surface area contributed by atoms with Crippen molar-refractivity contribution in [1.82, 2.24) is 0 Å². The average molecular weight is 372 g/mol. The van der Waals surface area contributed by atoms with Crippen molar-refractivity contribution in [3.63, 3.8) is 0 Å². The van der Waals surface area contributed by atoms with Crippen LogP contribution in [0.1, 0.15) is 25.0 Å². The van der Waals surface area contributed by atoms with Gasteiger partial charge in [-0.15, -0.1) is 0 Å². The molecule has 1 aromatic rings. The number of hydrogen-bond donors (Lipinski definition) is 3. The smallest absolute Gasteiger partial charge is 0.328 e. The van der Waals surface area contributed by atoms with Gasteiger partial charge < -0.3 is 20.9 Å². The van der Waals surface area contributed by atoms with Crippen LogP contribution in [0.4, 0.5) is 5.69 Å². The number of anilines is 1. The third kappa shape index (κ3) is 9.83. The summed E-state index contributed by atoms with van der Waals surface area (Å²) in [6.07, 6.45) is 0. The summed E-state index contributed by atoms with van der Waals surface area (Å²) in [5.74, 6) is -0.294. The summed E-state index contributed by atoms with van der Waals surface area (Å²) in [5.41, 5.74) is 7.73. The Kier molecular flexibility index (Phi) is 11.5. The fourth-order valence-electron chi connectivity index (χ4n) is 1.82. The molecule has 142 valence electrons. The molecule has 0 aliphatic carbocycles. The zero-order chi connectivity index (χ0) is 19.4. The van der Waals surface area contributed by atoms with Crippen molar-refractivity contribution in [2.75, 3.05) is 30.0 Å². The van der Waals surface area contributed by atoms with E-state index >= 15 is 0 Å². The maximum Gasteiger partial charge on any atom is 0.328 e. The Morgan fingerprint density at radius 2 is 1.84 bits per heavy atom. The molecule has 0 saturated heterocycles. The number of aliphatic carboxylic acids is 1. The lowest BCUT2D eigenvalue weighted by Crippen LogP contribution is -2.30. The zero-order valence-corrected chi connectivity index (χ0v) is 16.0. The Balaban J connectivity index is 0.00000101. The number of nitrogens with two attached hydrogens (primary N) is 1. The second-order valence-corrected chi connectivity index (χ2v) is 7.20. The first-order valence-corrected chi connectivity index (χ1v) is 9.47. The fourth-order valence-corrected chi connectivity index (χ4v) is 2.38. The van der Waals surface area contributed by atoms with Gasteiger partial charge in [-0.1, -0.05) is 25.1 Å². The van der Waals surface area contributed by atoms with Crippen molar-refractivity contribution in [1.29, 1.82) is 0 Å². The summed E-state index contributed by atoms with van der Waals surface area (Å²) in [4.78, 5) is 21.1. The molecule has 0 fully saturated rings. The summed E-state index contributed by atoms with van der Waals surface area (Å²) in [7, 11) is -0.900. The number of aryl methyl sites for hydroxylation is 2. The third-order valence-corrected chi connectivity index (χ3v) is 4.51. The molecule has 0 amide bonds. The van der Waals surface area contributed by atoms with Crippen LogP contribution in [-0.2, 0) is 25.1 Å². The second-order valence-electron chi connectivity index (χ2n) is 5.33. The van der Waals surface area contributed by atoms with Gasteiger partial charge in [0, 0.05) is 22.2 Å². The zero-order valence-electron chi connectivity index (χ0n) is 15.2. The molecular formula is C17H28N2O5S. The number of hydrogen-bond acceptors (Lipinski definition) is 6. The van der Waals surface area contributed by atoms with Crippen molar-refractivity contribution in [2.45, 2.75) is 33.7 Å². The molecule has 0 radical (unpaired) electrons. The number of nitrogens with one attached hydrogen (secondary N) is 1. The lowest BCUT2D eigenvalue weighted by molar-refractivity contribution is -0.143. The standard InChI is InChI=1S/C15H23NO3S.C2H5NO2/c1-5-20(18)10-9-19-15(17)13(4)16-14-11(2)7-6-8-12(14)3;3-1-2(4)5/h6-8,13,16H,5,9-10H2,1-4H3;1,3H2,(H,4,5)/t13-,20?;/m0./s1. The molecule has 1 rings (SSSR count). The minimum absolute atomic E-state index is 0.206. The van der Waals surface area contributed by atoms with Gasteiger partial charge in [0.25, 0.3) is 0 Å². The van der Waals surface area contributed by atoms with Crippen LogP contribution in [0.2, 0.25) is 0 Å². The molecule has 0 spiro atoms. The highest BCUT2D eigenvalue weighted by Crippen LogP contribution is 2.20. The molecule has 25 heavy (non-hydrogen) atoms. The molecule has 4 N–H and O–H groups in total. The molecule has 0 aromatic heterocycles. The lowest BCUT2D eigenvalue weighted by atomic mass is 10.1. The summed E-state index contributed by atoms with van der Waals surface area (Å²) < 4.78 is 16.4. The van der Waals surface area contributed by atoms with Crippen molar-refractivity contribution in [2.24, 2.45) is 5.73 Å². The van der Waals surface area contributed by atoms with Crippen LogP contribution in [0, 0.1) is 13.8 Å². The number of ether oxygens (including phenoxy) is 1. The fraction of sp³-hybridized carbons (Fsp3) is 0.529. The van der Waals surface area contributed by atoms with E-state index in [9.17, 15) is 13.8 Å². The van der Waals surface area contributed by atoms with Crippen LogP contribution < -0.4 is 11.1 Å². The van der Waals surface area contributed by atoms with Gasteiger partial charge in [-0.3, -0.25) is 9.00 Å². The average Bonchev–Trinajstić information content (AvgIpc) is 2.58. The first-order chi connectivity index (χ1) is 11.7. The van der Waals surface area contributed by atoms with E-state index in [2.05, 4.69) is 11.1 Å². The van der Waals surface area contributed by atoms with Gasteiger partial charge in [-0.2, -0.15) is 0 Å². The van der Waals surface area contributed by atoms with Gasteiger partial charge in [0.05, 0.1) is 12.3 Å². The molecule has 0 bridgehead atoms. The van der Waals surface area contributed by atoms with Gasteiger partial charge in [0.2, 0.25) is 0 Å². The quantitative estimate of drug-likeness (QED) is 0.591. The summed E-state index contributed by atoms with van der Waals surface area (Å²) >= 11 is 0. The normalized spacial score (nSPS) is 12.4. The van der Waals surface area contributed by atoms with E-state index in [0.717, 1.165) is 16.8 Å². The Labute approximate surface area is 151 Å². The first-order valence-electron chi connectivity index (χ1n) is 7.99. The lowest BCUT2D eigenvalue weighted by Gasteiger charge is -2.18. The number of carbonyl (C=O) groups is 2. The molecule has 1 unspecified atom stereocenters. The molecule has 7 nitrogen and oxygen atoms in total. The van der Waals surface area contributed by atoms with Gasteiger partial charge in [0.1, 0.15) is 12.6 Å². The highest BCUT2D eigenvalue weighted by atomic mass is 32.2. The molecular weight excluding hydrogens is 344 g/mol. The molecule has 8 heteroatoms. The molecule has 0 aliphatic heterocycles. The first kappa shape index (κ1) is 23.1. The maximum atomic E-state index is 11.9. The van der Waals surface area contributed by atoms with Gasteiger partial charge in [0.15, 0.2) is 0 Å². The van der Waals surface area contributed by atoms with Crippen LogP contribution in [-0.4, -0.2) is 52.0 Å². The van der Waals surface area contributed by atoms with Crippen LogP contribution in [0.15, 0.2) is 18.2 Å². The van der Waals surface area contributed by atoms with E-state index < -0.39 is 22.8 Å². The van der Waals surface area contributed by atoms with E-state index in [-0.39, 0.29) is 19.1 Å². The SMILES string of the molecule is CCS(=O)CCOC(=O)[C@H](C)Nc1c(C)cccc1C.NCC(=O)O. The van der Waals surface area contributed by atoms with Crippen molar-refractivity contribution < 1.29 is 23.6 Å². The highest BCUT2D eigenvalue weighted by Gasteiger charge is 2.16. The van der Waals surface area contributed by atoms with Gasteiger partial charge in [-0.25, -0.2) is 4.79 Å². The topological polar surface area (TPSA) is 119 Å². The minimum atomic E-state index is -0.968. The van der Waals surface area contributed by atoms with E-state index in [0.29, 0.717) is 11.5 Å². The monoisotopic (exact) mass is 372 g/mol. The summed E-state index contributed by atoms with van der Waals surface area (Å²) in [6.45, 7) is 7.54. The van der Waals surface area contributed by atoms with Crippen molar-refractivity contribution in [3.8, 4) is 0 Å². The number of carbonyl (C=O) groups excluding carboxylic acids is 1. The molecule has 0 heterocycles. The highest BCUT2D eigenvalue weighted by molar-refractivity contribution is 7.84. The summed E-state index contributed by atoms with van der Waals surface area (Å²) in [6, 6.07) is 5.55. The van der Waals surface area contributed by atoms with E-state index in [1.807, 2.05) is 39.0 Å². The number of carboxylic acids is 1. The third-order valence-electron chi connectivity index (χ3n) is 3.25. The number of para-hydroxylation sites is 1. The van der Waals surface area contributed by atoms with Gasteiger partial charge in [-0.05, 0) is 31.9 Å². The van der Waals surface area contributed by atoms with Crippen LogP contribution in [0.5, 0.6) is 0 Å². The predicted molar refractivity (Wildman–Crippen MR) is 100 cm³/mol. The molecule has 0 aliphatic rings. The Morgan fingerprint density at radius 3 is 2.28 bits per heavy atom. The van der Waals surface area contributed by atoms with Crippen LogP contribution in [0.25, 0.3) is 0 Å². The van der Waals surface area contributed by atoms with Crippen LogP contribution in [0.3, 0.4) is 0 Å². The van der Waals surface area contributed by atoms with Gasteiger partial charge >= 0.3 is 11.9 Å². The number of esters is 1. The van der Waals surface area contributed by atoms with E-state index in [4.69, 9.17) is 9.84 Å². The number of benzene rings is 1. The number of rotatable bonds is 8. The minimum Gasteiger partial charge on any atom is -0.480 e. The predicted octanol–water partition coefficient (Wildman–Crippen LogP) is 1.45. The second kappa shape index (κ2) is 12.4. The van der Waals surface area contributed by atoms with E-state index in [1.165, 1.54) is 0 Å². The van der Waals surface area contributed by atoms with Crippen LogP contribution >= 0.6 is 0 Å².